The molecule has 0 aromatic heterocycles. The fraction of sp³-hybridized carbons (Fsp3) is 0.167. The number of hydrogen-bond donors (Lipinski definition) is 0. The number of hydrogen-bond acceptors (Lipinski definition) is 2. The van der Waals surface area contributed by atoms with Crippen molar-refractivity contribution in [3.05, 3.63) is 53.6 Å². The molecule has 82 valence electrons. The van der Waals surface area contributed by atoms with E-state index >= 15 is 0 Å². The van der Waals surface area contributed by atoms with Crippen LogP contribution in [0.4, 0.5) is 0 Å². The van der Waals surface area contributed by atoms with Crippen molar-refractivity contribution in [1.82, 2.24) is 0 Å². The van der Waals surface area contributed by atoms with Crippen LogP contribution in [-0.4, -0.2) is 23.4 Å². The van der Waals surface area contributed by atoms with E-state index in [0.29, 0.717) is 18.8 Å². The molecule has 0 bridgehead atoms. The van der Waals surface area contributed by atoms with E-state index in [1.807, 2.05) is 6.07 Å². The summed E-state index contributed by atoms with van der Waals surface area (Å²) >= 11 is 0. The van der Waals surface area contributed by atoms with Crippen LogP contribution >= 0.6 is 0 Å². The Morgan fingerprint density at radius 1 is 1.50 bits per heavy atom. The molecule has 1 rings (SSSR count). The molecule has 0 N–H and O–H groups in total. The van der Waals surface area contributed by atoms with Gasteiger partial charge in [-0.05, 0) is 5.56 Å². The molecule has 16 heavy (non-hydrogen) atoms. The smallest absolute Gasteiger partial charge is 0.328 e. The standard InChI is InChI=1S/C12H12N2O2/c1-2-7-16-9-10-5-3-4-6-11(10)12(15)8-14-13/h2-6,8H,1,7,9H2. The average Bonchev–Trinajstić information content (AvgIpc) is 2.30. The molecule has 0 aliphatic heterocycles. The first-order chi connectivity index (χ1) is 7.79. The van der Waals surface area contributed by atoms with Gasteiger partial charge >= 0.3 is 6.21 Å². The molecule has 0 saturated heterocycles. The number of ketones is 1. The predicted octanol–water partition coefficient (Wildman–Crippen LogP) is 1.87. The predicted molar refractivity (Wildman–Crippen MR) is 60.3 cm³/mol. The van der Waals surface area contributed by atoms with Gasteiger partial charge in [0.2, 0.25) is 0 Å². The van der Waals surface area contributed by atoms with Crippen molar-refractivity contribution in [2.45, 2.75) is 6.61 Å². The maximum atomic E-state index is 11.5. The molecule has 0 fully saturated rings. The molecule has 1 aromatic rings. The summed E-state index contributed by atoms with van der Waals surface area (Å²) in [6, 6.07) is 7.02. The summed E-state index contributed by atoms with van der Waals surface area (Å²) < 4.78 is 5.26. The minimum Gasteiger partial charge on any atom is -0.373 e. The number of carbonyl (C=O) groups is 1. The van der Waals surface area contributed by atoms with Crippen LogP contribution in [0.5, 0.6) is 0 Å². The van der Waals surface area contributed by atoms with Gasteiger partial charge in [-0.25, -0.2) is 0 Å². The van der Waals surface area contributed by atoms with Gasteiger partial charge in [0.05, 0.1) is 13.2 Å². The molecule has 0 spiro atoms. The first kappa shape index (κ1) is 12.0. The van der Waals surface area contributed by atoms with Crippen LogP contribution in [0.1, 0.15) is 15.9 Å². The van der Waals surface area contributed by atoms with Gasteiger partial charge in [0.1, 0.15) is 0 Å². The molecular weight excluding hydrogens is 204 g/mol. The van der Waals surface area contributed by atoms with Gasteiger partial charge < -0.3 is 10.3 Å². The quantitative estimate of drug-likeness (QED) is 0.182. The highest BCUT2D eigenvalue weighted by atomic mass is 16.5. The molecule has 0 aliphatic rings. The van der Waals surface area contributed by atoms with E-state index in [2.05, 4.69) is 11.4 Å². The lowest BCUT2D eigenvalue weighted by molar-refractivity contribution is 0.00232. The number of Topliss-reactive ketones (excluding diaryl/α,β-unsaturated/α-hetero) is 1. The summed E-state index contributed by atoms with van der Waals surface area (Å²) in [5.41, 5.74) is 9.54. The fourth-order valence-corrected chi connectivity index (χ4v) is 1.26. The second-order valence-electron chi connectivity index (χ2n) is 3.07. The van der Waals surface area contributed by atoms with Crippen LogP contribution in [0.2, 0.25) is 0 Å². The molecule has 0 heterocycles. The van der Waals surface area contributed by atoms with Crippen LogP contribution in [0, 0.1) is 0 Å². The van der Waals surface area contributed by atoms with Crippen molar-refractivity contribution in [3.63, 3.8) is 0 Å². The largest absolute Gasteiger partial charge is 0.373 e. The van der Waals surface area contributed by atoms with Crippen LogP contribution in [0.3, 0.4) is 0 Å². The van der Waals surface area contributed by atoms with Gasteiger partial charge in [0, 0.05) is 5.56 Å². The average molecular weight is 216 g/mol. The van der Waals surface area contributed by atoms with Crippen molar-refractivity contribution in [1.29, 1.82) is 0 Å². The molecule has 0 amide bonds. The number of carbonyl (C=O) groups excluding carboxylic acids is 1. The molecule has 4 nitrogen and oxygen atoms in total. The Bertz CT molecular complexity index is 434. The minimum atomic E-state index is -0.347. The minimum absolute atomic E-state index is 0.327. The number of ether oxygens (including phenoxy) is 1. The summed E-state index contributed by atoms with van der Waals surface area (Å²) in [5, 5.41) is 0. The Morgan fingerprint density at radius 2 is 2.25 bits per heavy atom. The second-order valence-corrected chi connectivity index (χ2v) is 3.07. The monoisotopic (exact) mass is 216 g/mol. The molecule has 0 radical (unpaired) electrons. The number of rotatable bonds is 6. The Morgan fingerprint density at radius 3 is 2.94 bits per heavy atom. The van der Waals surface area contributed by atoms with Gasteiger partial charge in [-0.3, -0.25) is 4.79 Å². The van der Waals surface area contributed by atoms with Crippen LogP contribution in [0.15, 0.2) is 36.9 Å². The number of nitrogens with zero attached hydrogens (tertiary/aromatic N) is 2. The second kappa shape index (κ2) is 6.45. The molecule has 0 unspecified atom stereocenters. The Kier molecular flexibility index (Phi) is 4.86. The van der Waals surface area contributed by atoms with Gasteiger partial charge in [0.15, 0.2) is 0 Å². The molecule has 4 heteroatoms. The molecule has 0 saturated carbocycles. The highest BCUT2D eigenvalue weighted by Crippen LogP contribution is 2.10. The van der Waals surface area contributed by atoms with E-state index < -0.39 is 0 Å². The third-order valence-corrected chi connectivity index (χ3v) is 1.95. The Labute approximate surface area is 93.8 Å². The molecule has 1 aromatic carbocycles. The zero-order valence-corrected chi connectivity index (χ0v) is 8.80. The normalized spacial score (nSPS) is 9.25. The van der Waals surface area contributed by atoms with E-state index in [4.69, 9.17) is 10.3 Å². The first-order valence-electron chi connectivity index (χ1n) is 4.78. The lowest BCUT2D eigenvalue weighted by Crippen LogP contribution is -2.06. The van der Waals surface area contributed by atoms with Crippen LogP contribution < -0.4 is 0 Å². The summed E-state index contributed by atoms with van der Waals surface area (Å²) in [7, 11) is 0. The third kappa shape index (κ3) is 3.28. The lowest BCUT2D eigenvalue weighted by atomic mass is 10.1. The molecule has 0 aliphatic carbocycles. The summed E-state index contributed by atoms with van der Waals surface area (Å²) in [4.78, 5) is 14.2. The van der Waals surface area contributed by atoms with Crippen LogP contribution in [-0.2, 0) is 11.3 Å². The van der Waals surface area contributed by atoms with Crippen LogP contribution in [0.25, 0.3) is 5.53 Å². The van der Waals surface area contributed by atoms with E-state index in [1.165, 1.54) is 0 Å². The van der Waals surface area contributed by atoms with E-state index in [0.717, 1.165) is 11.8 Å². The summed E-state index contributed by atoms with van der Waals surface area (Å²) in [6.45, 7) is 4.29. The fourth-order valence-electron chi connectivity index (χ4n) is 1.26. The first-order valence-corrected chi connectivity index (χ1v) is 4.78. The third-order valence-electron chi connectivity index (χ3n) is 1.95. The lowest BCUT2D eigenvalue weighted by Gasteiger charge is -2.05. The Hall–Kier alpha value is -2.03. The van der Waals surface area contributed by atoms with Crippen molar-refractivity contribution >= 4 is 12.0 Å². The van der Waals surface area contributed by atoms with Gasteiger partial charge in [-0.2, -0.15) is 4.79 Å². The SMILES string of the molecule is C=CCOCc1ccccc1C(=O)C=[N+]=[N-]. The van der Waals surface area contributed by atoms with Gasteiger partial charge in [-0.15, -0.1) is 6.58 Å². The highest BCUT2D eigenvalue weighted by Gasteiger charge is 2.11. The van der Waals surface area contributed by atoms with Crippen molar-refractivity contribution in [2.24, 2.45) is 0 Å². The topological polar surface area (TPSA) is 62.7 Å². The van der Waals surface area contributed by atoms with Gasteiger partial charge in [-0.1, -0.05) is 30.3 Å². The Balaban J connectivity index is 2.86. The molecule has 0 atom stereocenters. The summed E-state index contributed by atoms with van der Waals surface area (Å²) in [5.74, 6) is -0.347. The zero-order valence-electron chi connectivity index (χ0n) is 8.80. The number of benzene rings is 1. The highest BCUT2D eigenvalue weighted by molar-refractivity contribution is 6.33. The van der Waals surface area contributed by atoms with E-state index in [9.17, 15) is 4.79 Å². The van der Waals surface area contributed by atoms with E-state index in [1.54, 1.807) is 24.3 Å². The maximum Gasteiger partial charge on any atom is 0.328 e. The summed E-state index contributed by atoms with van der Waals surface area (Å²) in [6.07, 6.45) is 2.51. The van der Waals surface area contributed by atoms with Crippen molar-refractivity contribution in [2.75, 3.05) is 6.61 Å². The van der Waals surface area contributed by atoms with Crippen molar-refractivity contribution < 1.29 is 14.3 Å². The zero-order chi connectivity index (χ0) is 11.8. The van der Waals surface area contributed by atoms with Crippen molar-refractivity contribution in [3.8, 4) is 0 Å². The maximum absolute atomic E-state index is 11.5. The van der Waals surface area contributed by atoms with Gasteiger partial charge in [0.25, 0.3) is 5.78 Å². The van der Waals surface area contributed by atoms with E-state index in [-0.39, 0.29) is 5.78 Å². The molecular formula is C12H12N2O2.